The monoisotopic (exact) mass is 391 g/mol. The maximum atomic E-state index is 13.1. The lowest BCUT2D eigenvalue weighted by Gasteiger charge is -2.32. The third kappa shape index (κ3) is 4.29. The second-order valence-corrected chi connectivity index (χ2v) is 6.72. The van der Waals surface area contributed by atoms with Gasteiger partial charge in [-0.2, -0.15) is 0 Å². The van der Waals surface area contributed by atoms with E-state index in [2.05, 4.69) is 0 Å². The Kier molecular flexibility index (Phi) is 6.60. The highest BCUT2D eigenvalue weighted by molar-refractivity contribution is 6.11. The molecular formula is C24H25NO4. The zero-order valence-corrected chi connectivity index (χ0v) is 16.9. The first-order valence-corrected chi connectivity index (χ1v) is 9.81. The van der Waals surface area contributed by atoms with Crippen LogP contribution in [0, 0.1) is 5.92 Å². The van der Waals surface area contributed by atoms with Crippen molar-refractivity contribution >= 4 is 23.3 Å². The minimum atomic E-state index is -0.691. The molecule has 0 saturated heterocycles. The van der Waals surface area contributed by atoms with Crippen molar-refractivity contribution in [3.05, 3.63) is 77.4 Å². The first-order valence-electron chi connectivity index (χ1n) is 9.81. The van der Waals surface area contributed by atoms with Crippen LogP contribution < -0.4 is 0 Å². The topological polar surface area (TPSA) is 65.0 Å². The predicted molar refractivity (Wildman–Crippen MR) is 112 cm³/mol. The molecule has 2 unspecified atom stereocenters. The molecule has 5 nitrogen and oxygen atoms in total. The number of nitrogens with zero attached hydrogens (tertiary/aromatic N) is 1. The molecule has 0 bridgehead atoms. The predicted octanol–water partition coefficient (Wildman–Crippen LogP) is 4.40. The minimum Gasteiger partial charge on any atom is -0.465 e. The summed E-state index contributed by atoms with van der Waals surface area (Å²) in [6.07, 6.45) is 0. The van der Waals surface area contributed by atoms with Crippen molar-refractivity contribution in [2.75, 3.05) is 13.2 Å². The molecule has 1 aliphatic rings. The summed E-state index contributed by atoms with van der Waals surface area (Å²) in [5, 5.41) is 0. The van der Waals surface area contributed by atoms with Crippen molar-refractivity contribution in [2.45, 2.75) is 26.7 Å². The van der Waals surface area contributed by atoms with Gasteiger partial charge in [0.2, 0.25) is 0 Å². The molecule has 1 aliphatic heterocycles. The van der Waals surface area contributed by atoms with Crippen LogP contribution in [-0.4, -0.2) is 30.9 Å². The zero-order valence-electron chi connectivity index (χ0n) is 16.9. The molecule has 2 aromatic carbocycles. The van der Waals surface area contributed by atoms with E-state index in [4.69, 9.17) is 14.5 Å². The van der Waals surface area contributed by atoms with Crippen LogP contribution in [0.1, 0.15) is 37.8 Å². The fourth-order valence-corrected chi connectivity index (χ4v) is 3.67. The lowest BCUT2D eigenvalue weighted by atomic mass is 9.75. The van der Waals surface area contributed by atoms with Gasteiger partial charge in [0, 0.05) is 17.2 Å². The number of carbonyl (C=O) groups excluding carboxylic acids is 2. The lowest BCUT2D eigenvalue weighted by molar-refractivity contribution is -0.146. The van der Waals surface area contributed by atoms with Gasteiger partial charge in [0.1, 0.15) is 5.92 Å². The third-order valence-electron chi connectivity index (χ3n) is 4.88. The first kappa shape index (κ1) is 20.5. The molecule has 0 amide bonds. The van der Waals surface area contributed by atoms with E-state index >= 15 is 0 Å². The Morgan fingerprint density at radius 2 is 1.48 bits per heavy atom. The molecule has 0 N–H and O–H groups in total. The number of benzene rings is 2. The van der Waals surface area contributed by atoms with Crippen LogP contribution in [0.3, 0.4) is 0 Å². The van der Waals surface area contributed by atoms with Gasteiger partial charge >= 0.3 is 11.9 Å². The van der Waals surface area contributed by atoms with Gasteiger partial charge in [0.15, 0.2) is 0 Å². The molecule has 3 rings (SSSR count). The van der Waals surface area contributed by atoms with Crippen LogP contribution in [0.5, 0.6) is 0 Å². The normalized spacial score (nSPS) is 18.8. The number of carbonyl (C=O) groups is 2. The van der Waals surface area contributed by atoms with Crippen LogP contribution in [0.2, 0.25) is 0 Å². The summed E-state index contributed by atoms with van der Waals surface area (Å²) in [7, 11) is 0. The Hall–Kier alpha value is -3.21. The molecule has 29 heavy (non-hydrogen) atoms. The molecule has 2 atom stereocenters. The highest BCUT2D eigenvalue weighted by atomic mass is 16.5. The summed E-state index contributed by atoms with van der Waals surface area (Å²) >= 11 is 0. The molecule has 150 valence electrons. The summed E-state index contributed by atoms with van der Waals surface area (Å²) in [5.41, 5.74) is 3.18. The Bertz CT molecular complexity index is 932. The van der Waals surface area contributed by atoms with Crippen LogP contribution >= 0.6 is 0 Å². The quantitative estimate of drug-likeness (QED) is 0.685. The summed E-state index contributed by atoms with van der Waals surface area (Å²) < 4.78 is 10.7. The molecule has 0 aliphatic carbocycles. The number of hydrogen-bond acceptors (Lipinski definition) is 5. The largest absolute Gasteiger partial charge is 0.465 e. The molecular weight excluding hydrogens is 366 g/mol. The molecule has 0 saturated carbocycles. The van der Waals surface area contributed by atoms with E-state index in [1.165, 1.54) is 0 Å². The Morgan fingerprint density at radius 3 is 2.07 bits per heavy atom. The molecule has 2 aromatic rings. The Morgan fingerprint density at radius 1 is 0.897 bits per heavy atom. The van der Waals surface area contributed by atoms with Gasteiger partial charge in [0.05, 0.1) is 24.5 Å². The SMILES string of the molecule is CCOC(=O)C1=C(c2ccccc2)N=C(C)C(C(=O)OCC)C1c1ccccc1. The standard InChI is InChI=1S/C24H25NO4/c1-4-28-23(26)19-16(3)25-22(18-14-10-7-11-15-18)21(24(27)29-5-2)20(19)17-12-8-6-9-13-17/h6-15,19-20H,4-5H2,1-3H3. The molecule has 5 heteroatoms. The highest BCUT2D eigenvalue weighted by Gasteiger charge is 2.43. The maximum absolute atomic E-state index is 13.1. The Labute approximate surface area is 171 Å². The number of ether oxygens (including phenoxy) is 2. The number of esters is 2. The molecule has 0 fully saturated rings. The van der Waals surface area contributed by atoms with Crippen molar-refractivity contribution in [1.29, 1.82) is 0 Å². The summed E-state index contributed by atoms with van der Waals surface area (Å²) in [5.74, 6) is -2.09. The minimum absolute atomic E-state index is 0.235. The summed E-state index contributed by atoms with van der Waals surface area (Å²) in [6.45, 7) is 5.83. The number of rotatable bonds is 6. The third-order valence-corrected chi connectivity index (χ3v) is 4.88. The summed E-state index contributed by atoms with van der Waals surface area (Å²) in [4.78, 5) is 30.7. The van der Waals surface area contributed by atoms with Crippen molar-refractivity contribution < 1.29 is 19.1 Å². The zero-order chi connectivity index (χ0) is 20.8. The maximum Gasteiger partial charge on any atom is 0.336 e. The van der Waals surface area contributed by atoms with E-state index in [9.17, 15) is 9.59 Å². The fourth-order valence-electron chi connectivity index (χ4n) is 3.67. The van der Waals surface area contributed by atoms with E-state index in [1.54, 1.807) is 13.8 Å². The highest BCUT2D eigenvalue weighted by Crippen LogP contribution is 2.43. The van der Waals surface area contributed by atoms with E-state index in [0.717, 1.165) is 11.1 Å². The summed E-state index contributed by atoms with van der Waals surface area (Å²) in [6, 6.07) is 19.0. The van der Waals surface area contributed by atoms with Crippen LogP contribution in [0.4, 0.5) is 0 Å². The van der Waals surface area contributed by atoms with Crippen molar-refractivity contribution in [2.24, 2.45) is 10.9 Å². The fraction of sp³-hybridized carbons (Fsp3) is 0.292. The molecule has 0 radical (unpaired) electrons. The molecule has 0 aromatic heterocycles. The van der Waals surface area contributed by atoms with Gasteiger partial charge < -0.3 is 9.47 Å². The van der Waals surface area contributed by atoms with Crippen molar-refractivity contribution in [1.82, 2.24) is 0 Å². The first-order chi connectivity index (χ1) is 14.1. The van der Waals surface area contributed by atoms with Crippen LogP contribution in [0.15, 0.2) is 71.2 Å². The smallest absolute Gasteiger partial charge is 0.336 e. The van der Waals surface area contributed by atoms with Crippen LogP contribution in [0.25, 0.3) is 5.70 Å². The lowest BCUT2D eigenvalue weighted by Crippen LogP contribution is -2.36. The average molecular weight is 391 g/mol. The van der Waals surface area contributed by atoms with Gasteiger partial charge in [-0.25, -0.2) is 4.79 Å². The van der Waals surface area contributed by atoms with Crippen molar-refractivity contribution in [3.8, 4) is 0 Å². The Balaban J connectivity index is 2.27. The second-order valence-electron chi connectivity index (χ2n) is 6.72. The van der Waals surface area contributed by atoms with Gasteiger partial charge in [-0.3, -0.25) is 9.79 Å². The van der Waals surface area contributed by atoms with E-state index in [0.29, 0.717) is 17.0 Å². The molecule has 0 spiro atoms. The molecule has 1 heterocycles. The van der Waals surface area contributed by atoms with E-state index in [-0.39, 0.29) is 13.2 Å². The van der Waals surface area contributed by atoms with Crippen molar-refractivity contribution in [3.63, 3.8) is 0 Å². The average Bonchev–Trinajstić information content (AvgIpc) is 2.74. The van der Waals surface area contributed by atoms with E-state index < -0.39 is 23.8 Å². The second kappa shape index (κ2) is 9.32. The van der Waals surface area contributed by atoms with Gasteiger partial charge in [-0.1, -0.05) is 60.7 Å². The number of aliphatic imine (C=N–C) groups is 1. The van der Waals surface area contributed by atoms with E-state index in [1.807, 2.05) is 67.6 Å². The van der Waals surface area contributed by atoms with Gasteiger partial charge in [-0.05, 0) is 26.3 Å². The van der Waals surface area contributed by atoms with Gasteiger partial charge in [-0.15, -0.1) is 0 Å². The van der Waals surface area contributed by atoms with Gasteiger partial charge in [0.25, 0.3) is 0 Å². The van der Waals surface area contributed by atoms with Crippen LogP contribution in [-0.2, 0) is 19.1 Å². The number of hydrogen-bond donors (Lipinski definition) is 0.